The Morgan fingerprint density at radius 1 is 0.885 bits per heavy atom. The van der Waals surface area contributed by atoms with Crippen LogP contribution in [0.4, 0.5) is 4.39 Å². The van der Waals surface area contributed by atoms with Crippen LogP contribution in [0.3, 0.4) is 0 Å². The molecular weight excluding hydrogens is 339 g/mol. The molecule has 0 aromatic heterocycles. The second kappa shape index (κ2) is 9.65. The van der Waals surface area contributed by atoms with Gasteiger partial charge in [0.05, 0.1) is 25.4 Å². The minimum absolute atomic E-state index is 0.0419. The van der Waals surface area contributed by atoms with Crippen LogP contribution in [0.1, 0.15) is 36.7 Å². The van der Waals surface area contributed by atoms with Crippen LogP contribution in [-0.2, 0) is 11.3 Å². The van der Waals surface area contributed by atoms with E-state index in [-0.39, 0.29) is 12.4 Å². The summed E-state index contributed by atoms with van der Waals surface area (Å²) < 4.78 is 35.0. The molecule has 140 valence electrons. The molecule has 0 atom stereocenters. The normalized spacial score (nSPS) is 10.3. The lowest BCUT2D eigenvalue weighted by atomic mass is 10.1. The molecule has 0 radical (unpaired) electrons. The Kier molecular flexibility index (Phi) is 7.26. The number of rotatable bonds is 9. The summed E-state index contributed by atoms with van der Waals surface area (Å²) in [7, 11) is 0. The first-order valence-corrected chi connectivity index (χ1v) is 8.57. The van der Waals surface area contributed by atoms with E-state index in [1.165, 1.54) is 12.1 Å². The zero-order chi connectivity index (χ0) is 18.9. The van der Waals surface area contributed by atoms with Gasteiger partial charge in [-0.3, -0.25) is 0 Å². The first kappa shape index (κ1) is 19.6. The summed E-state index contributed by atoms with van der Waals surface area (Å²) in [5.41, 5.74) is 0.989. The molecule has 2 aromatic rings. The lowest BCUT2D eigenvalue weighted by molar-refractivity contribution is 0.0471. The molecule has 0 bridgehead atoms. The second-order valence-corrected chi connectivity index (χ2v) is 5.30. The highest BCUT2D eigenvalue weighted by Crippen LogP contribution is 2.39. The fraction of sp³-hybridized carbons (Fsp3) is 0.350. The summed E-state index contributed by atoms with van der Waals surface area (Å²) in [5, 5.41) is 0. The summed E-state index contributed by atoms with van der Waals surface area (Å²) in [4.78, 5) is 12.4. The van der Waals surface area contributed by atoms with Gasteiger partial charge >= 0.3 is 5.97 Å². The molecule has 0 saturated carbocycles. The molecule has 0 N–H and O–H groups in total. The highest BCUT2D eigenvalue weighted by Gasteiger charge is 2.19. The zero-order valence-corrected chi connectivity index (χ0v) is 15.2. The molecule has 2 aromatic carbocycles. The molecule has 0 spiro atoms. The van der Waals surface area contributed by atoms with Gasteiger partial charge < -0.3 is 18.9 Å². The Hall–Kier alpha value is -2.76. The van der Waals surface area contributed by atoms with E-state index in [4.69, 9.17) is 18.9 Å². The zero-order valence-electron chi connectivity index (χ0n) is 15.2. The first-order chi connectivity index (χ1) is 12.6. The average molecular weight is 362 g/mol. The van der Waals surface area contributed by atoms with E-state index in [0.29, 0.717) is 48.2 Å². The number of ether oxygens (including phenoxy) is 4. The van der Waals surface area contributed by atoms with Gasteiger partial charge in [0.2, 0.25) is 5.75 Å². The van der Waals surface area contributed by atoms with Crippen molar-refractivity contribution in [1.82, 2.24) is 0 Å². The van der Waals surface area contributed by atoms with Crippen LogP contribution >= 0.6 is 0 Å². The molecule has 0 aliphatic rings. The number of hydrogen-bond donors (Lipinski definition) is 0. The number of carbonyl (C=O) groups excluding carboxylic acids is 1. The summed E-state index contributed by atoms with van der Waals surface area (Å²) in [6.07, 6.45) is 0. The van der Waals surface area contributed by atoms with Crippen LogP contribution in [0.25, 0.3) is 0 Å². The van der Waals surface area contributed by atoms with E-state index in [2.05, 4.69) is 0 Å². The predicted octanol–water partition coefficient (Wildman–Crippen LogP) is 4.38. The number of halogens is 1. The minimum atomic E-state index is -0.528. The van der Waals surface area contributed by atoms with E-state index < -0.39 is 5.97 Å². The topological polar surface area (TPSA) is 54.0 Å². The van der Waals surface area contributed by atoms with Crippen molar-refractivity contribution >= 4 is 5.97 Å². The van der Waals surface area contributed by atoms with Crippen LogP contribution < -0.4 is 14.2 Å². The SMILES string of the molecule is CCOc1cc(C(=O)OCc2ccc(F)cc2)cc(OCC)c1OCC. The Morgan fingerprint density at radius 3 is 1.92 bits per heavy atom. The minimum Gasteiger partial charge on any atom is -0.490 e. The van der Waals surface area contributed by atoms with Crippen molar-refractivity contribution in [3.05, 3.63) is 53.3 Å². The molecule has 26 heavy (non-hydrogen) atoms. The molecule has 0 heterocycles. The molecule has 0 aliphatic heterocycles. The summed E-state index contributed by atoms with van der Waals surface area (Å²) in [5.74, 6) is 0.447. The Bertz CT molecular complexity index is 700. The third-order valence-electron chi connectivity index (χ3n) is 3.43. The largest absolute Gasteiger partial charge is 0.490 e. The van der Waals surface area contributed by atoms with E-state index in [1.807, 2.05) is 20.8 Å². The van der Waals surface area contributed by atoms with Crippen molar-refractivity contribution in [3.8, 4) is 17.2 Å². The first-order valence-electron chi connectivity index (χ1n) is 8.57. The summed E-state index contributed by atoms with van der Waals surface area (Å²) in [6, 6.07) is 8.92. The van der Waals surface area contributed by atoms with Crippen molar-refractivity contribution in [2.75, 3.05) is 19.8 Å². The highest BCUT2D eigenvalue weighted by molar-refractivity contribution is 5.91. The molecule has 0 saturated heterocycles. The molecule has 0 amide bonds. The molecule has 5 nitrogen and oxygen atoms in total. The third-order valence-corrected chi connectivity index (χ3v) is 3.43. The number of carbonyl (C=O) groups is 1. The fourth-order valence-corrected chi connectivity index (χ4v) is 2.32. The fourth-order valence-electron chi connectivity index (χ4n) is 2.32. The van der Waals surface area contributed by atoms with E-state index in [1.54, 1.807) is 24.3 Å². The standard InChI is InChI=1S/C20H23FO5/c1-4-23-17-11-15(12-18(24-5-2)19(17)25-6-3)20(22)26-13-14-7-9-16(21)10-8-14/h7-12H,4-6,13H2,1-3H3. The average Bonchev–Trinajstić information content (AvgIpc) is 2.63. The Labute approximate surface area is 152 Å². The molecule has 0 fully saturated rings. The monoisotopic (exact) mass is 362 g/mol. The van der Waals surface area contributed by atoms with Gasteiger partial charge in [-0.25, -0.2) is 9.18 Å². The van der Waals surface area contributed by atoms with Gasteiger partial charge in [-0.1, -0.05) is 12.1 Å². The van der Waals surface area contributed by atoms with Crippen LogP contribution in [0.15, 0.2) is 36.4 Å². The Morgan fingerprint density at radius 2 is 1.42 bits per heavy atom. The van der Waals surface area contributed by atoms with Crippen LogP contribution in [0.2, 0.25) is 0 Å². The van der Waals surface area contributed by atoms with Crippen molar-refractivity contribution in [2.24, 2.45) is 0 Å². The lowest BCUT2D eigenvalue weighted by Crippen LogP contribution is -2.08. The number of benzene rings is 2. The molecular formula is C20H23FO5. The van der Waals surface area contributed by atoms with Gasteiger partial charge in [-0.2, -0.15) is 0 Å². The summed E-state index contributed by atoms with van der Waals surface area (Å²) in [6.45, 7) is 6.86. The van der Waals surface area contributed by atoms with Gasteiger partial charge in [0, 0.05) is 0 Å². The van der Waals surface area contributed by atoms with Crippen LogP contribution in [0, 0.1) is 5.82 Å². The van der Waals surface area contributed by atoms with Gasteiger partial charge in [0.1, 0.15) is 12.4 Å². The van der Waals surface area contributed by atoms with Gasteiger partial charge in [0.25, 0.3) is 0 Å². The van der Waals surface area contributed by atoms with Crippen molar-refractivity contribution < 1.29 is 28.1 Å². The Balaban J connectivity index is 2.22. The van der Waals surface area contributed by atoms with E-state index >= 15 is 0 Å². The van der Waals surface area contributed by atoms with Crippen LogP contribution in [-0.4, -0.2) is 25.8 Å². The van der Waals surface area contributed by atoms with Crippen molar-refractivity contribution in [2.45, 2.75) is 27.4 Å². The maximum atomic E-state index is 12.9. The van der Waals surface area contributed by atoms with Gasteiger partial charge in [-0.05, 0) is 50.6 Å². The highest BCUT2D eigenvalue weighted by atomic mass is 19.1. The maximum Gasteiger partial charge on any atom is 0.338 e. The van der Waals surface area contributed by atoms with Gasteiger partial charge in [0.15, 0.2) is 11.5 Å². The molecule has 0 aliphatic carbocycles. The molecule has 6 heteroatoms. The molecule has 2 rings (SSSR count). The second-order valence-electron chi connectivity index (χ2n) is 5.30. The third kappa shape index (κ3) is 5.12. The molecule has 0 unspecified atom stereocenters. The summed E-state index contributed by atoms with van der Waals surface area (Å²) >= 11 is 0. The number of esters is 1. The van der Waals surface area contributed by atoms with Gasteiger partial charge in [-0.15, -0.1) is 0 Å². The predicted molar refractivity (Wildman–Crippen MR) is 95.5 cm³/mol. The van der Waals surface area contributed by atoms with E-state index in [0.717, 1.165) is 0 Å². The maximum absolute atomic E-state index is 12.9. The van der Waals surface area contributed by atoms with E-state index in [9.17, 15) is 9.18 Å². The smallest absolute Gasteiger partial charge is 0.338 e. The van der Waals surface area contributed by atoms with Crippen LogP contribution in [0.5, 0.6) is 17.2 Å². The quantitative estimate of drug-likeness (QED) is 0.620. The van der Waals surface area contributed by atoms with Crippen molar-refractivity contribution in [1.29, 1.82) is 0 Å². The van der Waals surface area contributed by atoms with Crippen molar-refractivity contribution in [3.63, 3.8) is 0 Å². The lowest BCUT2D eigenvalue weighted by Gasteiger charge is -2.16. The number of hydrogen-bond acceptors (Lipinski definition) is 5.